The highest BCUT2D eigenvalue weighted by Gasteiger charge is 2.25. The quantitative estimate of drug-likeness (QED) is 0.686. The summed E-state index contributed by atoms with van der Waals surface area (Å²) in [5.74, 6) is -1.45. The lowest BCUT2D eigenvalue weighted by atomic mass is 10.2. The number of nitrogens with zero attached hydrogens (tertiary/aromatic N) is 1. The van der Waals surface area contributed by atoms with Crippen LogP contribution in [0.25, 0.3) is 11.3 Å². The van der Waals surface area contributed by atoms with Crippen LogP contribution in [-0.2, 0) is 10.0 Å². The second-order valence-corrected chi connectivity index (χ2v) is 7.39. The summed E-state index contributed by atoms with van der Waals surface area (Å²) in [5.41, 5.74) is 1.63. The second-order valence-electron chi connectivity index (χ2n) is 5.71. The van der Waals surface area contributed by atoms with E-state index in [9.17, 15) is 17.2 Å². The monoisotopic (exact) mass is 377 g/mol. The van der Waals surface area contributed by atoms with Crippen LogP contribution in [0.5, 0.6) is 0 Å². The van der Waals surface area contributed by atoms with Gasteiger partial charge in [-0.3, -0.25) is 0 Å². The van der Waals surface area contributed by atoms with Crippen LogP contribution in [0.3, 0.4) is 0 Å². The summed E-state index contributed by atoms with van der Waals surface area (Å²) in [6.45, 7) is 1.76. The van der Waals surface area contributed by atoms with Crippen molar-refractivity contribution in [2.24, 2.45) is 0 Å². The summed E-state index contributed by atoms with van der Waals surface area (Å²) in [6, 6.07) is 11.0. The average molecular weight is 377 g/mol. The molecule has 2 N–H and O–H groups in total. The summed E-state index contributed by atoms with van der Waals surface area (Å²) >= 11 is 0. The fraction of sp³-hybridized carbons (Fsp3) is 0.167. The van der Waals surface area contributed by atoms with Gasteiger partial charge in [0.2, 0.25) is 10.0 Å². The third kappa shape index (κ3) is 3.81. The molecule has 0 bridgehead atoms. The van der Waals surface area contributed by atoms with E-state index >= 15 is 0 Å². The Labute approximate surface area is 150 Å². The van der Waals surface area contributed by atoms with E-state index in [1.54, 1.807) is 13.1 Å². The van der Waals surface area contributed by atoms with Crippen LogP contribution in [-0.4, -0.2) is 18.4 Å². The van der Waals surface area contributed by atoms with Gasteiger partial charge >= 0.3 is 0 Å². The van der Waals surface area contributed by atoms with Gasteiger partial charge in [-0.2, -0.15) is 0 Å². The highest BCUT2D eigenvalue weighted by Crippen LogP contribution is 2.23. The highest BCUT2D eigenvalue weighted by molar-refractivity contribution is 7.89. The fourth-order valence-corrected chi connectivity index (χ4v) is 3.92. The lowest BCUT2D eigenvalue weighted by Gasteiger charge is -2.15. The third-order valence-corrected chi connectivity index (χ3v) is 5.39. The molecule has 1 unspecified atom stereocenters. The first-order valence-electron chi connectivity index (χ1n) is 7.98. The van der Waals surface area contributed by atoms with Gasteiger partial charge in [0.05, 0.1) is 17.9 Å². The van der Waals surface area contributed by atoms with Gasteiger partial charge in [-0.05, 0) is 30.2 Å². The summed E-state index contributed by atoms with van der Waals surface area (Å²) in [6.07, 6.45) is 1.97. The first-order chi connectivity index (χ1) is 12.4. The van der Waals surface area contributed by atoms with Crippen molar-refractivity contribution in [2.45, 2.75) is 24.3 Å². The molecule has 0 spiro atoms. The Morgan fingerprint density at radius 1 is 1.15 bits per heavy atom. The van der Waals surface area contributed by atoms with Crippen LogP contribution in [0.2, 0.25) is 0 Å². The van der Waals surface area contributed by atoms with Crippen molar-refractivity contribution in [3.8, 4) is 11.3 Å². The molecule has 0 aliphatic rings. The Kier molecular flexibility index (Phi) is 5.15. The van der Waals surface area contributed by atoms with Crippen molar-refractivity contribution in [3.63, 3.8) is 0 Å². The van der Waals surface area contributed by atoms with Crippen molar-refractivity contribution in [1.82, 2.24) is 14.7 Å². The highest BCUT2D eigenvalue weighted by atomic mass is 32.2. The maximum atomic E-state index is 13.8. The maximum absolute atomic E-state index is 13.8. The molecule has 0 amide bonds. The molecule has 5 nitrogen and oxygen atoms in total. The molecule has 3 rings (SSSR count). The first kappa shape index (κ1) is 18.2. The SMILES string of the molecule is CCC(NS(=O)(=O)c1cc(F)ccc1F)c1ncc(-c2ccccc2)[nH]1. The zero-order valence-electron chi connectivity index (χ0n) is 13.9. The number of halogens is 2. The zero-order valence-corrected chi connectivity index (χ0v) is 14.7. The smallest absolute Gasteiger partial charge is 0.244 e. The molecule has 0 saturated carbocycles. The van der Waals surface area contributed by atoms with E-state index in [0.717, 1.165) is 23.4 Å². The van der Waals surface area contributed by atoms with Gasteiger partial charge in [0.1, 0.15) is 22.4 Å². The number of aromatic nitrogens is 2. The predicted molar refractivity (Wildman–Crippen MR) is 93.7 cm³/mol. The number of H-pyrrole nitrogens is 1. The summed E-state index contributed by atoms with van der Waals surface area (Å²) in [7, 11) is -4.25. The van der Waals surface area contributed by atoms with Gasteiger partial charge in [-0.1, -0.05) is 37.3 Å². The molecule has 0 aliphatic heterocycles. The van der Waals surface area contributed by atoms with Crippen LogP contribution in [0.15, 0.2) is 59.6 Å². The molecule has 136 valence electrons. The molecule has 26 heavy (non-hydrogen) atoms. The lowest BCUT2D eigenvalue weighted by Crippen LogP contribution is -2.29. The van der Waals surface area contributed by atoms with Crippen LogP contribution < -0.4 is 4.72 Å². The summed E-state index contributed by atoms with van der Waals surface area (Å²) in [4.78, 5) is 6.58. The minimum Gasteiger partial charge on any atom is -0.341 e. The minimum absolute atomic E-state index is 0.373. The van der Waals surface area contributed by atoms with Crippen LogP contribution in [0.4, 0.5) is 8.78 Å². The van der Waals surface area contributed by atoms with Gasteiger partial charge in [0.15, 0.2) is 0 Å². The molecular weight excluding hydrogens is 360 g/mol. The van der Waals surface area contributed by atoms with Crippen molar-refractivity contribution >= 4 is 10.0 Å². The first-order valence-corrected chi connectivity index (χ1v) is 9.46. The van der Waals surface area contributed by atoms with E-state index in [1.807, 2.05) is 30.3 Å². The van der Waals surface area contributed by atoms with Crippen molar-refractivity contribution in [3.05, 3.63) is 72.2 Å². The molecule has 0 aliphatic carbocycles. The maximum Gasteiger partial charge on any atom is 0.244 e. The van der Waals surface area contributed by atoms with Gasteiger partial charge in [0, 0.05) is 0 Å². The fourth-order valence-electron chi connectivity index (χ4n) is 2.54. The largest absolute Gasteiger partial charge is 0.341 e. The molecule has 3 aromatic rings. The normalized spacial score (nSPS) is 12.9. The number of sulfonamides is 1. The molecule has 1 aromatic heterocycles. The number of nitrogens with one attached hydrogen (secondary N) is 2. The number of aromatic amines is 1. The Balaban J connectivity index is 1.88. The van der Waals surface area contributed by atoms with Gasteiger partial charge in [-0.15, -0.1) is 0 Å². The molecule has 1 atom stereocenters. The minimum atomic E-state index is -4.25. The Hall–Kier alpha value is -2.58. The number of rotatable bonds is 6. The topological polar surface area (TPSA) is 74.8 Å². The van der Waals surface area contributed by atoms with Crippen molar-refractivity contribution < 1.29 is 17.2 Å². The molecule has 2 aromatic carbocycles. The Morgan fingerprint density at radius 3 is 2.58 bits per heavy atom. The Bertz CT molecular complexity index is 1000. The van der Waals surface area contributed by atoms with E-state index < -0.39 is 32.6 Å². The zero-order chi connectivity index (χ0) is 18.7. The number of hydrogen-bond acceptors (Lipinski definition) is 3. The molecular formula is C18H17F2N3O2S. The van der Waals surface area contributed by atoms with Crippen LogP contribution in [0.1, 0.15) is 25.2 Å². The molecule has 0 radical (unpaired) electrons. The van der Waals surface area contributed by atoms with Crippen LogP contribution in [0, 0.1) is 11.6 Å². The lowest BCUT2D eigenvalue weighted by molar-refractivity contribution is 0.522. The van der Waals surface area contributed by atoms with Gasteiger partial charge < -0.3 is 4.98 Å². The van der Waals surface area contributed by atoms with E-state index in [2.05, 4.69) is 14.7 Å². The second kappa shape index (κ2) is 7.35. The van der Waals surface area contributed by atoms with E-state index in [4.69, 9.17) is 0 Å². The van der Waals surface area contributed by atoms with Gasteiger partial charge in [-0.25, -0.2) is 26.9 Å². The van der Waals surface area contributed by atoms with E-state index in [-0.39, 0.29) is 0 Å². The summed E-state index contributed by atoms with van der Waals surface area (Å²) < 4.78 is 54.5. The van der Waals surface area contributed by atoms with Gasteiger partial charge in [0.25, 0.3) is 0 Å². The van der Waals surface area contributed by atoms with E-state index in [0.29, 0.717) is 18.3 Å². The molecule has 0 fully saturated rings. The number of benzene rings is 2. The standard InChI is InChI=1S/C18H17F2N3O2S/c1-2-15(18-21-11-16(22-18)12-6-4-3-5-7-12)23-26(24,25)17-10-13(19)8-9-14(17)20/h3-11,15,23H,2H2,1H3,(H,21,22). The average Bonchev–Trinajstić information content (AvgIpc) is 3.12. The van der Waals surface area contributed by atoms with Crippen molar-refractivity contribution in [2.75, 3.05) is 0 Å². The summed E-state index contributed by atoms with van der Waals surface area (Å²) in [5, 5.41) is 0. The predicted octanol–water partition coefficient (Wildman–Crippen LogP) is 3.78. The molecule has 1 heterocycles. The molecule has 8 heteroatoms. The van der Waals surface area contributed by atoms with Crippen LogP contribution >= 0.6 is 0 Å². The number of imidazole rings is 1. The van der Waals surface area contributed by atoms with E-state index in [1.165, 1.54) is 0 Å². The molecule has 0 saturated heterocycles. The Morgan fingerprint density at radius 2 is 1.88 bits per heavy atom. The number of hydrogen-bond donors (Lipinski definition) is 2. The van der Waals surface area contributed by atoms with Crippen molar-refractivity contribution in [1.29, 1.82) is 0 Å². The third-order valence-electron chi connectivity index (χ3n) is 3.90.